The summed E-state index contributed by atoms with van der Waals surface area (Å²) in [5.74, 6) is 0.841. The second kappa shape index (κ2) is 5.69. The molecule has 1 atom stereocenters. The number of aryl methyl sites for hydroxylation is 1. The van der Waals surface area contributed by atoms with E-state index in [9.17, 15) is 0 Å². The molecule has 0 spiro atoms. The van der Waals surface area contributed by atoms with Gasteiger partial charge in [0.25, 0.3) is 0 Å². The van der Waals surface area contributed by atoms with E-state index in [4.69, 9.17) is 10.5 Å². The molecule has 0 fully saturated rings. The predicted molar refractivity (Wildman–Crippen MR) is 71.5 cm³/mol. The van der Waals surface area contributed by atoms with Crippen LogP contribution >= 0.6 is 0 Å². The molecule has 4 nitrogen and oxygen atoms in total. The fourth-order valence-electron chi connectivity index (χ4n) is 1.99. The first kappa shape index (κ1) is 12.6. The first-order valence-electron chi connectivity index (χ1n) is 6.17. The van der Waals surface area contributed by atoms with Gasteiger partial charge in [-0.05, 0) is 30.2 Å². The number of ether oxygens (including phenoxy) is 1. The summed E-state index contributed by atoms with van der Waals surface area (Å²) in [5, 5.41) is 4.30. The van der Waals surface area contributed by atoms with Crippen LogP contribution in [0.15, 0.2) is 36.5 Å². The summed E-state index contributed by atoms with van der Waals surface area (Å²) in [7, 11) is 1.66. The van der Waals surface area contributed by atoms with Crippen LogP contribution in [0.4, 0.5) is 0 Å². The number of methoxy groups -OCH3 is 1. The van der Waals surface area contributed by atoms with E-state index in [1.807, 2.05) is 35.0 Å². The van der Waals surface area contributed by atoms with Crippen molar-refractivity contribution in [2.24, 2.45) is 5.73 Å². The van der Waals surface area contributed by atoms with Gasteiger partial charge in [-0.1, -0.05) is 19.1 Å². The van der Waals surface area contributed by atoms with Crippen LogP contribution in [0.5, 0.6) is 5.75 Å². The molecule has 4 heteroatoms. The third kappa shape index (κ3) is 2.54. The third-order valence-corrected chi connectivity index (χ3v) is 2.98. The van der Waals surface area contributed by atoms with E-state index in [-0.39, 0.29) is 6.04 Å². The Labute approximate surface area is 107 Å². The van der Waals surface area contributed by atoms with Gasteiger partial charge in [0.05, 0.1) is 18.8 Å². The van der Waals surface area contributed by atoms with Gasteiger partial charge in [-0.3, -0.25) is 4.68 Å². The van der Waals surface area contributed by atoms with E-state index in [0.29, 0.717) is 0 Å². The molecule has 0 aliphatic rings. The summed E-state index contributed by atoms with van der Waals surface area (Å²) in [4.78, 5) is 0. The normalized spacial score (nSPS) is 12.4. The summed E-state index contributed by atoms with van der Waals surface area (Å²) < 4.78 is 7.11. The highest BCUT2D eigenvalue weighted by Crippen LogP contribution is 2.21. The van der Waals surface area contributed by atoms with E-state index in [0.717, 1.165) is 30.0 Å². The van der Waals surface area contributed by atoms with Crippen molar-refractivity contribution in [3.8, 4) is 5.75 Å². The molecule has 0 radical (unpaired) electrons. The highest BCUT2D eigenvalue weighted by molar-refractivity contribution is 5.32. The van der Waals surface area contributed by atoms with E-state index >= 15 is 0 Å². The number of nitrogens with zero attached hydrogens (tertiary/aromatic N) is 2. The van der Waals surface area contributed by atoms with Crippen molar-refractivity contribution in [2.45, 2.75) is 25.9 Å². The maximum atomic E-state index is 6.28. The lowest BCUT2D eigenvalue weighted by Gasteiger charge is -2.14. The fraction of sp³-hybridized carbons (Fsp3) is 0.357. The smallest absolute Gasteiger partial charge is 0.118 e. The highest BCUT2D eigenvalue weighted by atomic mass is 16.5. The van der Waals surface area contributed by atoms with E-state index in [1.54, 1.807) is 13.3 Å². The molecule has 1 aromatic carbocycles. The molecule has 2 N–H and O–H groups in total. The molecule has 1 unspecified atom stereocenters. The molecule has 2 aromatic rings. The number of hydrogen-bond donors (Lipinski definition) is 1. The maximum Gasteiger partial charge on any atom is 0.118 e. The summed E-state index contributed by atoms with van der Waals surface area (Å²) in [6.45, 7) is 3.02. The Balaban J connectivity index is 2.23. The van der Waals surface area contributed by atoms with Gasteiger partial charge in [-0.15, -0.1) is 0 Å². The van der Waals surface area contributed by atoms with Crippen molar-refractivity contribution in [2.75, 3.05) is 7.11 Å². The van der Waals surface area contributed by atoms with Gasteiger partial charge < -0.3 is 10.5 Å². The molecule has 2 rings (SSSR count). The minimum atomic E-state index is -0.148. The fourth-order valence-corrected chi connectivity index (χ4v) is 1.99. The number of aromatic nitrogens is 2. The number of rotatable bonds is 5. The number of hydrogen-bond acceptors (Lipinski definition) is 3. The van der Waals surface area contributed by atoms with Crippen LogP contribution in [0.1, 0.15) is 30.6 Å². The Bertz CT molecular complexity index is 490. The minimum Gasteiger partial charge on any atom is -0.497 e. The summed E-state index contributed by atoms with van der Waals surface area (Å²) in [5.41, 5.74) is 8.39. The summed E-state index contributed by atoms with van der Waals surface area (Å²) in [6.07, 6.45) is 2.85. The lowest BCUT2D eigenvalue weighted by molar-refractivity contribution is 0.414. The van der Waals surface area contributed by atoms with Crippen LogP contribution in [0.25, 0.3) is 0 Å². The molecule has 1 aromatic heterocycles. The zero-order valence-electron chi connectivity index (χ0n) is 10.8. The van der Waals surface area contributed by atoms with Crippen molar-refractivity contribution in [1.82, 2.24) is 9.78 Å². The van der Waals surface area contributed by atoms with Crippen LogP contribution in [-0.4, -0.2) is 16.9 Å². The average Bonchev–Trinajstić information content (AvgIpc) is 2.87. The molecular formula is C14H19N3O. The molecule has 18 heavy (non-hydrogen) atoms. The highest BCUT2D eigenvalue weighted by Gasteiger charge is 2.13. The predicted octanol–water partition coefficient (Wildman–Crippen LogP) is 2.35. The van der Waals surface area contributed by atoms with Crippen molar-refractivity contribution in [3.63, 3.8) is 0 Å². The molecule has 0 bridgehead atoms. The van der Waals surface area contributed by atoms with Crippen LogP contribution in [-0.2, 0) is 6.54 Å². The first-order valence-corrected chi connectivity index (χ1v) is 6.17. The molecule has 0 saturated heterocycles. The second-order valence-corrected chi connectivity index (χ2v) is 4.23. The second-order valence-electron chi connectivity index (χ2n) is 4.23. The Morgan fingerprint density at radius 3 is 2.61 bits per heavy atom. The van der Waals surface area contributed by atoms with Gasteiger partial charge in [-0.25, -0.2) is 0 Å². The van der Waals surface area contributed by atoms with E-state index < -0.39 is 0 Å². The average molecular weight is 245 g/mol. The minimum absolute atomic E-state index is 0.148. The van der Waals surface area contributed by atoms with Gasteiger partial charge in [0.15, 0.2) is 0 Å². The van der Waals surface area contributed by atoms with Crippen LogP contribution in [0.2, 0.25) is 0 Å². The van der Waals surface area contributed by atoms with Crippen molar-refractivity contribution in [1.29, 1.82) is 0 Å². The Kier molecular flexibility index (Phi) is 3.99. The van der Waals surface area contributed by atoms with Crippen LogP contribution < -0.4 is 10.5 Å². The summed E-state index contributed by atoms with van der Waals surface area (Å²) in [6, 6.07) is 9.67. The zero-order valence-corrected chi connectivity index (χ0v) is 10.8. The Morgan fingerprint density at radius 2 is 2.00 bits per heavy atom. The van der Waals surface area contributed by atoms with Gasteiger partial charge in [0.1, 0.15) is 5.75 Å². The molecule has 1 heterocycles. The zero-order chi connectivity index (χ0) is 13.0. The molecule has 0 saturated carbocycles. The molecular weight excluding hydrogens is 226 g/mol. The van der Waals surface area contributed by atoms with Crippen LogP contribution in [0, 0.1) is 0 Å². The van der Waals surface area contributed by atoms with Gasteiger partial charge in [-0.2, -0.15) is 5.10 Å². The van der Waals surface area contributed by atoms with Crippen LogP contribution in [0.3, 0.4) is 0 Å². The molecule has 0 amide bonds. The number of nitrogens with two attached hydrogens (primary N) is 1. The summed E-state index contributed by atoms with van der Waals surface area (Å²) >= 11 is 0. The lowest BCUT2D eigenvalue weighted by atomic mass is 10.0. The van der Waals surface area contributed by atoms with Gasteiger partial charge in [0, 0.05) is 12.7 Å². The molecule has 0 aliphatic heterocycles. The maximum absolute atomic E-state index is 6.28. The van der Waals surface area contributed by atoms with Crippen molar-refractivity contribution < 1.29 is 4.74 Å². The van der Waals surface area contributed by atoms with Gasteiger partial charge in [0.2, 0.25) is 0 Å². The largest absolute Gasteiger partial charge is 0.497 e. The van der Waals surface area contributed by atoms with Crippen molar-refractivity contribution >= 4 is 0 Å². The SMILES string of the molecule is CCCn1nccc1C(N)c1ccc(OC)cc1. The topological polar surface area (TPSA) is 53.1 Å². The lowest BCUT2D eigenvalue weighted by Crippen LogP contribution is -2.17. The Morgan fingerprint density at radius 1 is 1.28 bits per heavy atom. The van der Waals surface area contributed by atoms with Gasteiger partial charge >= 0.3 is 0 Å². The van der Waals surface area contributed by atoms with Crippen molar-refractivity contribution in [3.05, 3.63) is 47.8 Å². The standard InChI is InChI=1S/C14H19N3O/c1-3-10-17-13(8-9-16-17)14(15)11-4-6-12(18-2)7-5-11/h4-9,14H,3,10,15H2,1-2H3. The third-order valence-electron chi connectivity index (χ3n) is 2.98. The molecule has 96 valence electrons. The van der Waals surface area contributed by atoms with E-state index in [2.05, 4.69) is 12.0 Å². The van der Waals surface area contributed by atoms with E-state index in [1.165, 1.54) is 0 Å². The number of benzene rings is 1. The first-order chi connectivity index (χ1) is 8.76. The quantitative estimate of drug-likeness (QED) is 0.879. The monoisotopic (exact) mass is 245 g/mol. The molecule has 0 aliphatic carbocycles. The Hall–Kier alpha value is -1.81.